The number of sulfone groups is 1. The number of alkyl halides is 1. The molecule has 140 valence electrons. The summed E-state index contributed by atoms with van der Waals surface area (Å²) in [6.45, 7) is -0.637. The molecular formula is C20H19FN2O3S. The van der Waals surface area contributed by atoms with Gasteiger partial charge in [-0.05, 0) is 60.9 Å². The molecule has 0 aliphatic carbocycles. The van der Waals surface area contributed by atoms with E-state index in [-0.39, 0.29) is 0 Å². The molecule has 1 aliphatic rings. The predicted molar refractivity (Wildman–Crippen MR) is 101 cm³/mol. The van der Waals surface area contributed by atoms with Gasteiger partial charge in [-0.25, -0.2) is 17.8 Å². The lowest BCUT2D eigenvalue weighted by molar-refractivity contribution is 0.415. The molecule has 0 saturated heterocycles. The van der Waals surface area contributed by atoms with Crippen molar-refractivity contribution in [2.24, 2.45) is 0 Å². The number of fused-ring (bicyclic) bond motifs is 3. The van der Waals surface area contributed by atoms with Gasteiger partial charge in [0.2, 0.25) is 0 Å². The van der Waals surface area contributed by atoms with Gasteiger partial charge >= 0.3 is 0 Å². The number of methoxy groups -OCH3 is 1. The molecule has 0 spiro atoms. The zero-order valence-corrected chi connectivity index (χ0v) is 15.9. The Morgan fingerprint density at radius 2 is 1.89 bits per heavy atom. The first kappa shape index (κ1) is 17.7. The number of aromatic nitrogens is 2. The third-order valence-corrected chi connectivity index (χ3v) is 5.99. The van der Waals surface area contributed by atoms with Crippen LogP contribution in [0.4, 0.5) is 4.39 Å². The molecule has 1 aromatic heterocycles. The lowest BCUT2D eigenvalue weighted by atomic mass is 10.0. The predicted octanol–water partition coefficient (Wildman–Crippen LogP) is 3.52. The molecule has 2 aromatic carbocycles. The summed E-state index contributed by atoms with van der Waals surface area (Å²) < 4.78 is 44.5. The van der Waals surface area contributed by atoms with Gasteiger partial charge in [-0.2, -0.15) is 0 Å². The number of hydrogen-bond acceptors (Lipinski definition) is 4. The van der Waals surface area contributed by atoms with Crippen LogP contribution in [-0.4, -0.2) is 31.3 Å². The molecule has 0 amide bonds. The minimum Gasteiger partial charge on any atom is -0.497 e. The molecule has 5 nitrogen and oxygen atoms in total. The van der Waals surface area contributed by atoms with Crippen LogP contribution in [-0.2, 0) is 29.4 Å². The first-order chi connectivity index (χ1) is 12.9. The maximum Gasteiger partial charge on any atom is 0.175 e. The Balaban J connectivity index is 1.91. The number of ether oxygens (including phenoxy) is 1. The van der Waals surface area contributed by atoms with Crippen LogP contribution < -0.4 is 4.74 Å². The monoisotopic (exact) mass is 386 g/mol. The normalized spacial score (nSPS) is 13.1. The first-order valence-corrected chi connectivity index (χ1v) is 10.5. The van der Waals surface area contributed by atoms with E-state index in [1.165, 1.54) is 6.26 Å². The molecule has 2 heterocycles. The van der Waals surface area contributed by atoms with Gasteiger partial charge in [0.25, 0.3) is 0 Å². The summed E-state index contributed by atoms with van der Waals surface area (Å²) in [5.74, 6) is 1.38. The van der Waals surface area contributed by atoms with Crippen LogP contribution in [0, 0.1) is 0 Å². The standard InChI is InChI=1S/C20H19FN2O3S/c1-26-15-6-3-13(4-7-15)20-22-17(12-21)19-9-5-14-11-16(27(2,24)25)8-10-18(14)23(19)20/h3-4,6-8,10-11H,5,9,12H2,1-2H3. The second-order valence-corrected chi connectivity index (χ2v) is 8.60. The van der Waals surface area contributed by atoms with Crippen molar-refractivity contribution in [3.63, 3.8) is 0 Å². The summed E-state index contributed by atoms with van der Waals surface area (Å²) in [5.41, 5.74) is 3.88. The van der Waals surface area contributed by atoms with Crippen LogP contribution in [0.15, 0.2) is 47.4 Å². The van der Waals surface area contributed by atoms with Gasteiger partial charge < -0.3 is 4.74 Å². The molecule has 1 aliphatic heterocycles. The van der Waals surface area contributed by atoms with Gasteiger partial charge in [0.05, 0.1) is 23.4 Å². The van der Waals surface area contributed by atoms with E-state index in [1.54, 1.807) is 25.3 Å². The van der Waals surface area contributed by atoms with Crippen molar-refractivity contribution in [2.45, 2.75) is 24.4 Å². The highest BCUT2D eigenvalue weighted by Crippen LogP contribution is 2.35. The highest BCUT2D eigenvalue weighted by Gasteiger charge is 2.25. The van der Waals surface area contributed by atoms with Gasteiger partial charge in [0.15, 0.2) is 9.84 Å². The second kappa shape index (κ2) is 6.49. The maximum atomic E-state index is 13.6. The molecule has 0 atom stereocenters. The van der Waals surface area contributed by atoms with Crippen molar-refractivity contribution in [1.29, 1.82) is 0 Å². The lowest BCUT2D eigenvalue weighted by Crippen LogP contribution is -2.14. The minimum absolute atomic E-state index is 0.293. The molecule has 0 fully saturated rings. The van der Waals surface area contributed by atoms with Crippen molar-refractivity contribution >= 4 is 9.84 Å². The number of nitrogens with zero attached hydrogens (tertiary/aromatic N) is 2. The topological polar surface area (TPSA) is 61.2 Å². The highest BCUT2D eigenvalue weighted by atomic mass is 32.2. The number of aryl methyl sites for hydroxylation is 1. The molecule has 7 heteroatoms. The molecule has 0 saturated carbocycles. The summed E-state index contributed by atoms with van der Waals surface area (Å²) in [4.78, 5) is 4.83. The van der Waals surface area contributed by atoms with E-state index in [4.69, 9.17) is 4.74 Å². The average Bonchev–Trinajstić information content (AvgIpc) is 3.06. The lowest BCUT2D eigenvalue weighted by Gasteiger charge is -2.22. The maximum absolute atomic E-state index is 13.6. The van der Waals surface area contributed by atoms with Crippen LogP contribution in [0.3, 0.4) is 0 Å². The van der Waals surface area contributed by atoms with Crippen molar-refractivity contribution in [1.82, 2.24) is 9.55 Å². The molecule has 0 bridgehead atoms. The van der Waals surface area contributed by atoms with E-state index in [0.717, 1.165) is 28.3 Å². The van der Waals surface area contributed by atoms with Crippen molar-refractivity contribution in [3.8, 4) is 22.8 Å². The fourth-order valence-electron chi connectivity index (χ4n) is 3.52. The van der Waals surface area contributed by atoms with E-state index in [9.17, 15) is 12.8 Å². The van der Waals surface area contributed by atoms with Gasteiger partial charge in [-0.15, -0.1) is 0 Å². The Hall–Kier alpha value is -2.67. The van der Waals surface area contributed by atoms with Crippen molar-refractivity contribution in [3.05, 3.63) is 59.4 Å². The Morgan fingerprint density at radius 1 is 1.15 bits per heavy atom. The molecule has 3 aromatic rings. The van der Waals surface area contributed by atoms with E-state index >= 15 is 0 Å². The second-order valence-electron chi connectivity index (χ2n) is 6.59. The minimum atomic E-state index is -3.28. The number of rotatable bonds is 4. The van der Waals surface area contributed by atoms with Crippen LogP contribution in [0.2, 0.25) is 0 Å². The average molecular weight is 386 g/mol. The Kier molecular flexibility index (Phi) is 4.26. The summed E-state index contributed by atoms with van der Waals surface area (Å²) in [6.07, 6.45) is 2.46. The van der Waals surface area contributed by atoms with Gasteiger partial charge in [-0.1, -0.05) is 0 Å². The Morgan fingerprint density at radius 3 is 2.52 bits per heavy atom. The summed E-state index contributed by atoms with van der Waals surface area (Å²) in [7, 11) is -1.68. The summed E-state index contributed by atoms with van der Waals surface area (Å²) in [6, 6.07) is 12.5. The van der Waals surface area contributed by atoms with Gasteiger partial charge in [-0.3, -0.25) is 4.57 Å². The fourth-order valence-corrected chi connectivity index (χ4v) is 4.19. The van der Waals surface area contributed by atoms with Crippen LogP contribution in [0.25, 0.3) is 17.1 Å². The van der Waals surface area contributed by atoms with Crippen LogP contribution in [0.1, 0.15) is 17.0 Å². The Bertz CT molecular complexity index is 1120. The number of benzene rings is 2. The molecular weight excluding hydrogens is 367 g/mol. The molecule has 0 unspecified atom stereocenters. The number of halogens is 1. The van der Waals surface area contributed by atoms with Crippen LogP contribution in [0.5, 0.6) is 5.75 Å². The number of imidazole rings is 1. The fraction of sp³-hybridized carbons (Fsp3) is 0.250. The van der Waals surface area contributed by atoms with E-state index in [0.29, 0.717) is 29.3 Å². The number of hydrogen-bond donors (Lipinski definition) is 0. The Labute approximate surface area is 157 Å². The molecule has 4 rings (SSSR count). The summed E-state index contributed by atoms with van der Waals surface area (Å²) >= 11 is 0. The first-order valence-electron chi connectivity index (χ1n) is 8.56. The molecule has 27 heavy (non-hydrogen) atoms. The SMILES string of the molecule is COc1ccc(-c2nc(CF)c3n2-c2ccc(S(C)(=O)=O)cc2CC3)cc1. The van der Waals surface area contributed by atoms with Crippen molar-refractivity contribution in [2.75, 3.05) is 13.4 Å². The van der Waals surface area contributed by atoms with E-state index < -0.39 is 16.5 Å². The summed E-state index contributed by atoms with van der Waals surface area (Å²) in [5, 5.41) is 0. The highest BCUT2D eigenvalue weighted by molar-refractivity contribution is 7.90. The van der Waals surface area contributed by atoms with Crippen LogP contribution >= 0.6 is 0 Å². The van der Waals surface area contributed by atoms with Crippen molar-refractivity contribution < 1.29 is 17.5 Å². The smallest absolute Gasteiger partial charge is 0.175 e. The zero-order valence-electron chi connectivity index (χ0n) is 15.1. The quantitative estimate of drug-likeness (QED) is 0.688. The van der Waals surface area contributed by atoms with Gasteiger partial charge in [0, 0.05) is 17.5 Å². The van der Waals surface area contributed by atoms with E-state index in [2.05, 4.69) is 4.98 Å². The largest absolute Gasteiger partial charge is 0.497 e. The molecule has 0 N–H and O–H groups in total. The van der Waals surface area contributed by atoms with Gasteiger partial charge in [0.1, 0.15) is 18.2 Å². The third kappa shape index (κ3) is 3.02. The zero-order chi connectivity index (χ0) is 19.2. The van der Waals surface area contributed by atoms with E-state index in [1.807, 2.05) is 28.8 Å². The molecule has 0 radical (unpaired) electrons. The third-order valence-electron chi connectivity index (χ3n) is 4.88.